The number of carbonyl (C=O) groups is 1. The third-order valence-corrected chi connectivity index (χ3v) is 4.99. The van der Waals surface area contributed by atoms with Crippen LogP contribution < -0.4 is 0 Å². The number of amides is 1. The van der Waals surface area contributed by atoms with Crippen LogP contribution in [0.2, 0.25) is 0 Å². The first kappa shape index (κ1) is 17.9. The number of fused-ring (bicyclic) bond motifs is 1. The maximum Gasteiger partial charge on any atom is 0.439 e. The van der Waals surface area contributed by atoms with Gasteiger partial charge in [-0.1, -0.05) is 43.2 Å². The van der Waals surface area contributed by atoms with Crippen LogP contribution >= 0.6 is 0 Å². The van der Waals surface area contributed by atoms with Gasteiger partial charge in [-0.3, -0.25) is 4.79 Å². The van der Waals surface area contributed by atoms with E-state index in [0.717, 1.165) is 18.4 Å². The number of aliphatic hydroxyl groups is 1. The molecule has 25 heavy (non-hydrogen) atoms. The van der Waals surface area contributed by atoms with Gasteiger partial charge in [-0.2, -0.15) is 23.3 Å². The average Bonchev–Trinajstić information content (AvgIpc) is 2.74. The van der Waals surface area contributed by atoms with Crippen molar-refractivity contribution in [2.45, 2.75) is 56.8 Å². The van der Waals surface area contributed by atoms with Crippen LogP contribution in [-0.4, -0.2) is 33.6 Å². The van der Waals surface area contributed by atoms with Crippen LogP contribution in [0.5, 0.6) is 0 Å². The zero-order valence-corrected chi connectivity index (χ0v) is 13.8. The zero-order chi connectivity index (χ0) is 18.1. The summed E-state index contributed by atoms with van der Waals surface area (Å²) in [5, 5.41) is 14.8. The van der Waals surface area contributed by atoms with Crippen molar-refractivity contribution >= 4 is 11.6 Å². The van der Waals surface area contributed by atoms with Crippen molar-refractivity contribution < 1.29 is 23.1 Å². The lowest BCUT2D eigenvalue weighted by Crippen LogP contribution is -2.61. The number of benzene rings is 1. The number of hydrazone groups is 1. The highest BCUT2D eigenvalue weighted by molar-refractivity contribution is 5.93. The first-order valence-corrected chi connectivity index (χ1v) is 8.57. The van der Waals surface area contributed by atoms with E-state index in [1.165, 1.54) is 0 Å². The van der Waals surface area contributed by atoms with E-state index >= 15 is 0 Å². The molecular formula is C18H21F3N2O2. The Bertz CT molecular complexity index is 660. The summed E-state index contributed by atoms with van der Waals surface area (Å²) in [4.78, 5) is 12.5. The Kier molecular flexibility index (Phi) is 4.86. The molecule has 0 aromatic heterocycles. The van der Waals surface area contributed by atoms with Gasteiger partial charge in [-0.25, -0.2) is 0 Å². The molecule has 0 unspecified atom stereocenters. The van der Waals surface area contributed by atoms with Crippen molar-refractivity contribution in [1.82, 2.24) is 5.01 Å². The number of aryl methyl sites for hydroxylation is 1. The molecule has 1 amide bonds. The molecule has 0 saturated heterocycles. The third-order valence-electron chi connectivity index (χ3n) is 4.99. The zero-order valence-electron chi connectivity index (χ0n) is 13.8. The number of carbonyl (C=O) groups excluding carboxylic acids is 1. The summed E-state index contributed by atoms with van der Waals surface area (Å²) >= 11 is 0. The van der Waals surface area contributed by atoms with Crippen LogP contribution in [0.4, 0.5) is 13.2 Å². The average molecular weight is 354 g/mol. The molecule has 1 aromatic rings. The molecule has 1 heterocycles. The fourth-order valence-corrected chi connectivity index (χ4v) is 3.64. The number of rotatable bonds is 3. The first-order chi connectivity index (χ1) is 11.8. The normalized spacial score (nSPS) is 26.8. The predicted molar refractivity (Wildman–Crippen MR) is 86.6 cm³/mol. The number of alkyl halides is 3. The molecule has 0 radical (unpaired) electrons. The molecule has 1 saturated carbocycles. The summed E-state index contributed by atoms with van der Waals surface area (Å²) in [6.07, 6.45) is -2.06. The van der Waals surface area contributed by atoms with Gasteiger partial charge in [0.05, 0.1) is 5.92 Å². The van der Waals surface area contributed by atoms with Gasteiger partial charge in [-0.15, -0.1) is 0 Å². The summed E-state index contributed by atoms with van der Waals surface area (Å²) in [6, 6.07) is 9.06. The summed E-state index contributed by atoms with van der Waals surface area (Å²) in [5.41, 5.74) is -2.07. The van der Waals surface area contributed by atoms with E-state index in [-0.39, 0.29) is 12.8 Å². The van der Waals surface area contributed by atoms with Gasteiger partial charge >= 0.3 is 6.18 Å². The van der Waals surface area contributed by atoms with E-state index in [4.69, 9.17) is 0 Å². The summed E-state index contributed by atoms with van der Waals surface area (Å²) in [7, 11) is 0. The minimum Gasteiger partial charge on any atom is -0.362 e. The van der Waals surface area contributed by atoms with E-state index in [9.17, 15) is 23.1 Å². The second-order valence-electron chi connectivity index (χ2n) is 6.66. The highest BCUT2D eigenvalue weighted by atomic mass is 19.4. The van der Waals surface area contributed by atoms with E-state index in [1.807, 2.05) is 18.2 Å². The first-order valence-electron chi connectivity index (χ1n) is 8.57. The molecule has 1 aliphatic carbocycles. The van der Waals surface area contributed by atoms with Gasteiger partial charge in [-0.05, 0) is 31.2 Å². The van der Waals surface area contributed by atoms with Gasteiger partial charge < -0.3 is 5.11 Å². The maximum absolute atomic E-state index is 13.7. The number of halogens is 3. The van der Waals surface area contributed by atoms with Crippen molar-refractivity contribution in [3.63, 3.8) is 0 Å². The molecule has 3 rings (SSSR count). The van der Waals surface area contributed by atoms with Crippen molar-refractivity contribution in [1.29, 1.82) is 0 Å². The topological polar surface area (TPSA) is 52.9 Å². The quantitative estimate of drug-likeness (QED) is 0.901. The molecule has 2 atom stereocenters. The number of hydrogen-bond acceptors (Lipinski definition) is 3. The van der Waals surface area contributed by atoms with E-state index < -0.39 is 23.7 Å². The summed E-state index contributed by atoms with van der Waals surface area (Å²) in [5.74, 6) is -1.96. The van der Waals surface area contributed by atoms with Crippen molar-refractivity contribution in [2.24, 2.45) is 11.0 Å². The fourth-order valence-electron chi connectivity index (χ4n) is 3.64. The lowest BCUT2D eigenvalue weighted by Gasteiger charge is -2.37. The minimum absolute atomic E-state index is 0.133. The Balaban J connectivity index is 1.83. The van der Waals surface area contributed by atoms with E-state index in [1.54, 1.807) is 12.1 Å². The van der Waals surface area contributed by atoms with E-state index in [2.05, 4.69) is 5.10 Å². The minimum atomic E-state index is -4.95. The molecule has 1 aromatic carbocycles. The molecule has 4 nitrogen and oxygen atoms in total. The smallest absolute Gasteiger partial charge is 0.362 e. The molecule has 1 aliphatic heterocycles. The van der Waals surface area contributed by atoms with Crippen LogP contribution in [0.3, 0.4) is 0 Å². The van der Waals surface area contributed by atoms with Crippen molar-refractivity contribution in [3.05, 3.63) is 35.9 Å². The molecule has 7 heteroatoms. The lowest BCUT2D eigenvalue weighted by molar-refractivity contribution is -0.316. The van der Waals surface area contributed by atoms with Crippen LogP contribution in [0.15, 0.2) is 35.4 Å². The molecule has 1 fully saturated rings. The Hall–Kier alpha value is -1.89. The molecule has 0 bridgehead atoms. The molecular weight excluding hydrogens is 333 g/mol. The largest absolute Gasteiger partial charge is 0.439 e. The highest BCUT2D eigenvalue weighted by Gasteiger charge is 2.67. The maximum atomic E-state index is 13.7. The molecule has 136 valence electrons. The predicted octanol–water partition coefficient (Wildman–Crippen LogP) is 3.65. The Morgan fingerprint density at radius 2 is 1.96 bits per heavy atom. The van der Waals surface area contributed by atoms with Crippen LogP contribution in [0, 0.1) is 5.92 Å². The van der Waals surface area contributed by atoms with Gasteiger partial charge in [0.15, 0.2) is 0 Å². The SMILES string of the molecule is O=C(CCc1ccccc1)N1N=C2CCCCC[C@H]2[C@@]1(O)C(F)(F)F. The summed E-state index contributed by atoms with van der Waals surface area (Å²) < 4.78 is 41.1. The van der Waals surface area contributed by atoms with Crippen LogP contribution in [0.1, 0.15) is 44.1 Å². The lowest BCUT2D eigenvalue weighted by atomic mass is 9.87. The Morgan fingerprint density at radius 1 is 1.24 bits per heavy atom. The van der Waals surface area contributed by atoms with Crippen molar-refractivity contribution in [3.8, 4) is 0 Å². The van der Waals surface area contributed by atoms with Gasteiger partial charge in [0.25, 0.3) is 5.72 Å². The van der Waals surface area contributed by atoms with Gasteiger partial charge in [0, 0.05) is 12.1 Å². The standard InChI is InChI=1S/C18H21F3N2O2/c19-18(20,21)17(25)14-9-5-2-6-10-15(14)22-23(17)16(24)12-11-13-7-3-1-4-8-13/h1,3-4,7-8,14,25H,2,5-6,9-12H2/t14-,17-/m1/s1. The highest BCUT2D eigenvalue weighted by Crippen LogP contribution is 2.47. The third kappa shape index (κ3) is 3.29. The Labute approximate surface area is 144 Å². The van der Waals surface area contributed by atoms with Gasteiger partial charge in [0.1, 0.15) is 0 Å². The number of nitrogens with zero attached hydrogens (tertiary/aromatic N) is 2. The number of hydrogen-bond donors (Lipinski definition) is 1. The molecule has 2 aliphatic rings. The monoisotopic (exact) mass is 354 g/mol. The van der Waals surface area contributed by atoms with Crippen LogP contribution in [-0.2, 0) is 11.2 Å². The molecule has 1 N–H and O–H groups in total. The van der Waals surface area contributed by atoms with Gasteiger partial charge in [0.2, 0.25) is 5.91 Å². The van der Waals surface area contributed by atoms with E-state index in [0.29, 0.717) is 30.0 Å². The second-order valence-corrected chi connectivity index (χ2v) is 6.66. The second kappa shape index (κ2) is 6.78. The molecule has 0 spiro atoms. The Morgan fingerprint density at radius 3 is 2.64 bits per heavy atom. The fraction of sp³-hybridized carbons (Fsp3) is 0.556. The van der Waals surface area contributed by atoms with Crippen molar-refractivity contribution in [2.75, 3.05) is 0 Å². The summed E-state index contributed by atoms with van der Waals surface area (Å²) in [6.45, 7) is 0. The van der Waals surface area contributed by atoms with Crippen LogP contribution in [0.25, 0.3) is 0 Å².